The Morgan fingerprint density at radius 1 is 1.00 bits per heavy atom. The summed E-state index contributed by atoms with van der Waals surface area (Å²) in [6, 6.07) is 12.6. The summed E-state index contributed by atoms with van der Waals surface area (Å²) < 4.78 is 21.9. The van der Waals surface area contributed by atoms with Gasteiger partial charge in [-0.1, -0.05) is 31.7 Å². The molecule has 0 saturated carbocycles. The summed E-state index contributed by atoms with van der Waals surface area (Å²) in [7, 11) is 0. The number of unbranched alkanes of at least 4 members (excludes halogenated alkanes) is 5. The van der Waals surface area contributed by atoms with Crippen LogP contribution in [0.3, 0.4) is 0 Å². The van der Waals surface area contributed by atoms with Crippen molar-refractivity contribution in [1.29, 1.82) is 0 Å². The molecule has 1 heterocycles. The zero-order valence-electron chi connectivity index (χ0n) is 19.1. The molecule has 34 heavy (non-hydrogen) atoms. The molecule has 1 atom stereocenters. The summed E-state index contributed by atoms with van der Waals surface area (Å²) in [4.78, 5) is 17.3. The molecule has 0 bridgehead atoms. The van der Waals surface area contributed by atoms with Crippen molar-refractivity contribution in [2.45, 2.75) is 45.1 Å². The molecule has 0 aliphatic heterocycles. The molecular weight excluding hydrogens is 474 g/mol. The predicted molar refractivity (Wildman–Crippen MR) is 140 cm³/mol. The second-order valence-corrected chi connectivity index (χ2v) is 8.97. The Kier molecular flexibility index (Phi) is 13.1. The molecule has 0 aliphatic carbocycles. The maximum absolute atomic E-state index is 11.1. The van der Waals surface area contributed by atoms with Crippen molar-refractivity contribution in [2.75, 3.05) is 29.7 Å². The molecule has 11 heteroatoms. The van der Waals surface area contributed by atoms with Crippen LogP contribution in [0.25, 0.3) is 0 Å². The quantitative estimate of drug-likeness (QED) is 0.131. The van der Waals surface area contributed by atoms with Crippen molar-refractivity contribution in [2.24, 2.45) is 0 Å². The van der Waals surface area contributed by atoms with Gasteiger partial charge in [-0.05, 0) is 68.0 Å². The van der Waals surface area contributed by atoms with Gasteiger partial charge in [0.05, 0.1) is 12.2 Å². The van der Waals surface area contributed by atoms with E-state index in [0.717, 1.165) is 63.0 Å². The fourth-order valence-electron chi connectivity index (χ4n) is 3.39. The molecule has 5 N–H and O–H groups in total. The van der Waals surface area contributed by atoms with E-state index in [9.17, 15) is 9.00 Å². The van der Waals surface area contributed by atoms with E-state index in [-0.39, 0.29) is 6.54 Å². The van der Waals surface area contributed by atoms with Crippen molar-refractivity contribution in [1.82, 2.24) is 15.2 Å². The molecule has 0 fully saturated rings. The lowest BCUT2D eigenvalue weighted by atomic mass is 10.1. The summed E-state index contributed by atoms with van der Waals surface area (Å²) >= 11 is 3.21. The lowest BCUT2D eigenvalue weighted by molar-refractivity contribution is -0.138. The highest BCUT2D eigenvalue weighted by Crippen LogP contribution is 2.14. The van der Waals surface area contributed by atoms with E-state index in [2.05, 4.69) is 20.3 Å². The Bertz CT molecular complexity index is 900. The average molecular weight is 508 g/mol. The highest BCUT2D eigenvalue weighted by Gasteiger charge is 2.10. The molecule has 9 nitrogen and oxygen atoms in total. The number of rotatable bonds is 16. The summed E-state index contributed by atoms with van der Waals surface area (Å²) in [6.45, 7) is 2.11. The van der Waals surface area contributed by atoms with Gasteiger partial charge in [-0.2, -0.15) is 0 Å². The van der Waals surface area contributed by atoms with Gasteiger partial charge in [0.25, 0.3) is 11.3 Å². The predicted octanol–water partition coefficient (Wildman–Crippen LogP) is 3.84. The number of nitrogens with one attached hydrogen (secondary N) is 3. The van der Waals surface area contributed by atoms with Crippen LogP contribution in [0, 0.1) is 0 Å². The third-order valence-electron chi connectivity index (χ3n) is 5.01. The molecule has 2 aromatic rings. The number of nitrogens with zero attached hydrogens (tertiary/aromatic N) is 2. The Morgan fingerprint density at radius 3 is 2.32 bits per heavy atom. The first-order chi connectivity index (χ1) is 16.4. The van der Waals surface area contributed by atoms with Gasteiger partial charge in [0.2, 0.25) is 0 Å². The first kappa shape index (κ1) is 27.6. The van der Waals surface area contributed by atoms with E-state index >= 15 is 0 Å². The first-order valence-electron chi connectivity index (χ1n) is 11.3. The molecule has 0 radical (unpaired) electrons. The van der Waals surface area contributed by atoms with Crippen LogP contribution in [0.2, 0.25) is 0 Å². The third-order valence-corrected chi connectivity index (χ3v) is 5.66. The number of carbonyl (C=O) groups is 1. The second kappa shape index (κ2) is 16.1. The van der Waals surface area contributed by atoms with Gasteiger partial charge >= 0.3 is 5.97 Å². The number of thiocarbonyl (C=S) groups is 1. The average Bonchev–Trinajstić information content (AvgIpc) is 2.79. The van der Waals surface area contributed by atoms with Crippen LogP contribution < -0.4 is 15.4 Å². The van der Waals surface area contributed by atoms with E-state index < -0.39 is 17.2 Å². The van der Waals surface area contributed by atoms with Crippen LogP contribution in [0.1, 0.15) is 44.2 Å². The van der Waals surface area contributed by atoms with Crippen LogP contribution in [-0.2, 0) is 22.6 Å². The normalized spacial score (nSPS) is 11.7. The second-order valence-electron chi connectivity index (χ2n) is 7.86. The number of pyridine rings is 1. The number of hydrogen-bond acceptors (Lipinski definition) is 5. The Hall–Kier alpha value is -2.60. The number of anilines is 2. The SMILES string of the molecule is O=C(O)CN(CCCCCCCCNC(=S)Nc1ccc(NS(=O)O)cc1)Cc1ccccn1. The topological polar surface area (TPSA) is 127 Å². The van der Waals surface area contributed by atoms with Crippen LogP contribution in [0.4, 0.5) is 11.4 Å². The zero-order chi connectivity index (χ0) is 24.6. The lowest BCUT2D eigenvalue weighted by Gasteiger charge is -2.19. The Labute approximate surface area is 208 Å². The van der Waals surface area contributed by atoms with Gasteiger partial charge in [-0.3, -0.25) is 24.0 Å². The molecule has 0 spiro atoms. The smallest absolute Gasteiger partial charge is 0.317 e. The number of carboxylic acid groups (broad SMARTS) is 1. The summed E-state index contributed by atoms with van der Waals surface area (Å²) in [6.07, 6.45) is 8.12. The summed E-state index contributed by atoms with van der Waals surface area (Å²) in [5, 5.41) is 16.0. The van der Waals surface area contributed by atoms with E-state index in [1.807, 2.05) is 23.1 Å². The van der Waals surface area contributed by atoms with E-state index in [1.165, 1.54) is 0 Å². The number of hydrogen-bond donors (Lipinski definition) is 5. The molecular formula is C23H33N5O4S2. The fourth-order valence-corrected chi connectivity index (χ4v) is 3.95. The van der Waals surface area contributed by atoms with Gasteiger partial charge in [-0.25, -0.2) is 4.21 Å². The van der Waals surface area contributed by atoms with Crippen LogP contribution in [0.5, 0.6) is 0 Å². The molecule has 0 amide bonds. The fraction of sp³-hybridized carbons (Fsp3) is 0.435. The molecule has 2 rings (SSSR count). The van der Waals surface area contributed by atoms with Crippen LogP contribution in [0.15, 0.2) is 48.7 Å². The van der Waals surface area contributed by atoms with Gasteiger partial charge < -0.3 is 15.7 Å². The van der Waals surface area contributed by atoms with Gasteiger partial charge in [0, 0.05) is 30.7 Å². The minimum atomic E-state index is -2.09. The molecule has 1 aromatic carbocycles. The molecule has 186 valence electrons. The first-order valence-corrected chi connectivity index (χ1v) is 12.8. The largest absolute Gasteiger partial charge is 0.480 e. The molecule has 0 aliphatic rings. The minimum absolute atomic E-state index is 0.0286. The third kappa shape index (κ3) is 12.6. The van der Waals surface area contributed by atoms with Crippen molar-refractivity contribution < 1.29 is 18.7 Å². The van der Waals surface area contributed by atoms with Crippen LogP contribution in [-0.4, -0.2) is 54.5 Å². The molecule has 0 saturated heterocycles. The number of aliphatic carboxylic acids is 1. The number of benzene rings is 1. The highest BCUT2D eigenvalue weighted by atomic mass is 32.2. The van der Waals surface area contributed by atoms with Gasteiger partial charge in [-0.15, -0.1) is 0 Å². The number of carboxylic acids is 1. The standard InChI is InChI=1S/C23H33N5O4S2/c29-22(30)18-28(17-21-9-5-7-14-24-21)16-8-4-2-1-3-6-15-25-23(33)26-19-10-12-20(13-11-19)27-34(31)32/h5,7,9-14,27H,1-4,6,8,15-18H2,(H,29,30)(H,31,32)(H2,25,26,33). The maximum atomic E-state index is 11.1. The van der Waals surface area contributed by atoms with Crippen molar-refractivity contribution in [3.05, 3.63) is 54.4 Å². The molecule has 1 unspecified atom stereocenters. The Morgan fingerprint density at radius 2 is 1.68 bits per heavy atom. The van der Waals surface area contributed by atoms with E-state index in [4.69, 9.17) is 21.9 Å². The molecule has 1 aromatic heterocycles. The highest BCUT2D eigenvalue weighted by molar-refractivity contribution is 7.80. The minimum Gasteiger partial charge on any atom is -0.480 e. The van der Waals surface area contributed by atoms with Crippen LogP contribution >= 0.6 is 12.2 Å². The van der Waals surface area contributed by atoms with Gasteiger partial charge in [0.15, 0.2) is 5.11 Å². The van der Waals surface area contributed by atoms with Gasteiger partial charge in [0.1, 0.15) is 0 Å². The summed E-state index contributed by atoms with van der Waals surface area (Å²) in [5.74, 6) is -0.816. The Balaban J connectivity index is 1.51. The van der Waals surface area contributed by atoms with E-state index in [0.29, 0.717) is 17.3 Å². The lowest BCUT2D eigenvalue weighted by Crippen LogP contribution is -2.30. The summed E-state index contributed by atoms with van der Waals surface area (Å²) in [5.41, 5.74) is 2.23. The number of aromatic nitrogens is 1. The maximum Gasteiger partial charge on any atom is 0.317 e. The monoisotopic (exact) mass is 507 g/mol. The van der Waals surface area contributed by atoms with E-state index in [1.54, 1.807) is 30.5 Å². The zero-order valence-corrected chi connectivity index (χ0v) is 20.7. The van der Waals surface area contributed by atoms with Crippen molar-refractivity contribution in [3.8, 4) is 0 Å². The van der Waals surface area contributed by atoms with Crippen molar-refractivity contribution in [3.63, 3.8) is 0 Å². The van der Waals surface area contributed by atoms with Crippen molar-refractivity contribution >= 4 is 45.9 Å².